The second-order valence-electron chi connectivity index (χ2n) is 5.07. The zero-order valence-corrected chi connectivity index (χ0v) is 11.2. The Morgan fingerprint density at radius 2 is 2.18 bits per heavy atom. The predicted molar refractivity (Wildman–Crippen MR) is 65.4 cm³/mol. The second-order valence-corrected chi connectivity index (χ2v) is 5.07. The van der Waals surface area contributed by atoms with Gasteiger partial charge in [-0.1, -0.05) is 20.8 Å². The molecule has 17 heavy (non-hydrogen) atoms. The van der Waals surface area contributed by atoms with Crippen molar-refractivity contribution in [3.8, 4) is 0 Å². The standard InChI is InChI=1S/C13H23NO3/c1-5-10(8-9(2)3)14-11(13(16)17-4)6-7-12(14)15/h9-11H,5-8H2,1-4H3. The molecule has 1 aliphatic heterocycles. The van der Waals surface area contributed by atoms with E-state index in [4.69, 9.17) is 4.74 Å². The van der Waals surface area contributed by atoms with Crippen molar-refractivity contribution in [3.63, 3.8) is 0 Å². The molecule has 4 nitrogen and oxygen atoms in total. The molecule has 0 bridgehead atoms. The summed E-state index contributed by atoms with van der Waals surface area (Å²) in [6, 6.07) is -0.203. The van der Waals surface area contributed by atoms with Gasteiger partial charge >= 0.3 is 5.97 Å². The van der Waals surface area contributed by atoms with E-state index in [1.807, 2.05) is 0 Å². The maximum Gasteiger partial charge on any atom is 0.328 e. The molecule has 0 spiro atoms. The third-order valence-corrected chi connectivity index (χ3v) is 3.34. The topological polar surface area (TPSA) is 46.6 Å². The first kappa shape index (κ1) is 14.0. The lowest BCUT2D eigenvalue weighted by atomic mass is 9.99. The third kappa shape index (κ3) is 3.20. The van der Waals surface area contributed by atoms with Crippen molar-refractivity contribution >= 4 is 11.9 Å². The van der Waals surface area contributed by atoms with Crippen LogP contribution in [0, 0.1) is 5.92 Å². The zero-order chi connectivity index (χ0) is 13.0. The molecule has 4 heteroatoms. The largest absolute Gasteiger partial charge is 0.467 e. The van der Waals surface area contributed by atoms with Crippen LogP contribution < -0.4 is 0 Å². The first-order valence-corrected chi connectivity index (χ1v) is 6.40. The molecule has 2 atom stereocenters. The zero-order valence-electron chi connectivity index (χ0n) is 11.2. The Hall–Kier alpha value is -1.06. The summed E-state index contributed by atoms with van der Waals surface area (Å²) in [4.78, 5) is 25.3. The van der Waals surface area contributed by atoms with Gasteiger partial charge in [0.2, 0.25) is 5.91 Å². The van der Waals surface area contributed by atoms with Crippen LogP contribution in [0.4, 0.5) is 0 Å². The molecule has 1 amide bonds. The highest BCUT2D eigenvalue weighted by Gasteiger charge is 2.40. The van der Waals surface area contributed by atoms with Crippen LogP contribution in [0.1, 0.15) is 46.5 Å². The molecule has 1 saturated heterocycles. The van der Waals surface area contributed by atoms with Crippen molar-refractivity contribution in [2.75, 3.05) is 7.11 Å². The van der Waals surface area contributed by atoms with Gasteiger partial charge < -0.3 is 9.64 Å². The number of rotatable bonds is 5. The van der Waals surface area contributed by atoms with E-state index in [1.165, 1.54) is 7.11 Å². The monoisotopic (exact) mass is 241 g/mol. The van der Waals surface area contributed by atoms with Gasteiger partial charge in [-0.3, -0.25) is 4.79 Å². The number of amides is 1. The number of ether oxygens (including phenoxy) is 1. The molecule has 0 N–H and O–H groups in total. The maximum atomic E-state index is 11.9. The number of likely N-dealkylation sites (tertiary alicyclic amines) is 1. The summed E-state index contributed by atoms with van der Waals surface area (Å²) in [6.07, 6.45) is 2.89. The first-order chi connectivity index (χ1) is 8.01. The van der Waals surface area contributed by atoms with Crippen LogP contribution in [0.5, 0.6) is 0 Å². The Kier molecular flexibility index (Phi) is 4.97. The van der Waals surface area contributed by atoms with Crippen molar-refractivity contribution in [2.24, 2.45) is 5.92 Å². The van der Waals surface area contributed by atoms with Crippen molar-refractivity contribution in [2.45, 2.75) is 58.5 Å². The Balaban J connectivity index is 2.81. The minimum absolute atomic E-state index is 0.0906. The molecule has 0 aliphatic carbocycles. The lowest BCUT2D eigenvalue weighted by Crippen LogP contribution is -2.46. The first-order valence-electron chi connectivity index (χ1n) is 6.40. The Morgan fingerprint density at radius 1 is 1.53 bits per heavy atom. The summed E-state index contributed by atoms with van der Waals surface area (Å²) in [7, 11) is 1.38. The number of esters is 1. The minimum atomic E-state index is -0.365. The van der Waals surface area contributed by atoms with Gasteiger partial charge in [0.25, 0.3) is 0 Å². The number of hydrogen-bond acceptors (Lipinski definition) is 3. The summed E-state index contributed by atoms with van der Waals surface area (Å²) >= 11 is 0. The van der Waals surface area contributed by atoms with Gasteiger partial charge in [-0.2, -0.15) is 0 Å². The van der Waals surface area contributed by atoms with Gasteiger partial charge in [-0.15, -0.1) is 0 Å². The number of carbonyl (C=O) groups is 2. The minimum Gasteiger partial charge on any atom is -0.467 e. The Bertz CT molecular complexity index is 288. The molecule has 98 valence electrons. The lowest BCUT2D eigenvalue weighted by molar-refractivity contribution is -0.151. The van der Waals surface area contributed by atoms with Crippen molar-refractivity contribution in [1.29, 1.82) is 0 Å². The highest BCUT2D eigenvalue weighted by Crippen LogP contribution is 2.27. The van der Waals surface area contributed by atoms with Crippen molar-refractivity contribution in [1.82, 2.24) is 4.90 Å². The van der Waals surface area contributed by atoms with E-state index in [1.54, 1.807) is 4.90 Å². The summed E-state index contributed by atoms with van der Waals surface area (Å²) < 4.78 is 4.78. The summed E-state index contributed by atoms with van der Waals surface area (Å²) in [5.41, 5.74) is 0. The molecule has 0 saturated carbocycles. The van der Waals surface area contributed by atoms with E-state index in [2.05, 4.69) is 20.8 Å². The third-order valence-electron chi connectivity index (χ3n) is 3.34. The molecule has 1 fully saturated rings. The maximum absolute atomic E-state index is 11.9. The quantitative estimate of drug-likeness (QED) is 0.691. The summed E-state index contributed by atoms with van der Waals surface area (Å²) in [5.74, 6) is 0.331. The van der Waals surface area contributed by atoms with Crippen LogP contribution in [-0.2, 0) is 14.3 Å². The number of nitrogens with zero attached hydrogens (tertiary/aromatic N) is 1. The van der Waals surface area contributed by atoms with Gasteiger partial charge in [0.05, 0.1) is 7.11 Å². The fraction of sp³-hybridized carbons (Fsp3) is 0.846. The van der Waals surface area contributed by atoms with Gasteiger partial charge in [-0.25, -0.2) is 4.79 Å². The van der Waals surface area contributed by atoms with Gasteiger partial charge in [0, 0.05) is 12.5 Å². The van der Waals surface area contributed by atoms with Crippen LogP contribution in [0.2, 0.25) is 0 Å². The molecule has 0 aromatic heterocycles. The van der Waals surface area contributed by atoms with Crippen LogP contribution in [0.25, 0.3) is 0 Å². The molecule has 1 rings (SSSR count). The predicted octanol–water partition coefficient (Wildman–Crippen LogP) is 1.98. The van der Waals surface area contributed by atoms with Crippen molar-refractivity contribution in [3.05, 3.63) is 0 Å². The van der Waals surface area contributed by atoms with E-state index >= 15 is 0 Å². The second kappa shape index (κ2) is 6.03. The number of carbonyl (C=O) groups excluding carboxylic acids is 2. The molecule has 2 unspecified atom stereocenters. The van der Waals surface area contributed by atoms with Crippen LogP contribution in [0.15, 0.2) is 0 Å². The van der Waals surface area contributed by atoms with E-state index in [9.17, 15) is 9.59 Å². The molecular formula is C13H23NO3. The van der Waals surface area contributed by atoms with E-state index in [-0.39, 0.29) is 24.0 Å². The fourth-order valence-electron chi connectivity index (χ4n) is 2.55. The lowest BCUT2D eigenvalue weighted by Gasteiger charge is -2.32. The fourth-order valence-corrected chi connectivity index (χ4v) is 2.55. The van der Waals surface area contributed by atoms with Gasteiger partial charge in [0.15, 0.2) is 0 Å². The SMILES string of the molecule is CCC(CC(C)C)N1C(=O)CCC1C(=O)OC. The van der Waals surface area contributed by atoms with Crippen LogP contribution in [-0.4, -0.2) is 36.0 Å². The molecule has 0 radical (unpaired) electrons. The van der Waals surface area contributed by atoms with Crippen LogP contribution in [0.3, 0.4) is 0 Å². The number of methoxy groups -OCH3 is 1. The number of hydrogen-bond donors (Lipinski definition) is 0. The molecule has 0 aromatic carbocycles. The highest BCUT2D eigenvalue weighted by molar-refractivity contribution is 5.88. The van der Waals surface area contributed by atoms with E-state index < -0.39 is 0 Å². The van der Waals surface area contributed by atoms with Gasteiger partial charge in [0.1, 0.15) is 6.04 Å². The van der Waals surface area contributed by atoms with Gasteiger partial charge in [-0.05, 0) is 25.2 Å². The summed E-state index contributed by atoms with van der Waals surface area (Å²) in [5, 5.41) is 0. The van der Waals surface area contributed by atoms with E-state index in [0.29, 0.717) is 18.8 Å². The Morgan fingerprint density at radius 3 is 2.65 bits per heavy atom. The molecular weight excluding hydrogens is 218 g/mol. The average molecular weight is 241 g/mol. The summed E-state index contributed by atoms with van der Waals surface area (Å²) in [6.45, 7) is 6.33. The molecule has 0 aromatic rings. The molecule has 1 aliphatic rings. The van der Waals surface area contributed by atoms with Crippen molar-refractivity contribution < 1.29 is 14.3 Å². The molecule has 1 heterocycles. The highest BCUT2D eigenvalue weighted by atomic mass is 16.5. The van der Waals surface area contributed by atoms with E-state index in [0.717, 1.165) is 12.8 Å². The van der Waals surface area contributed by atoms with Crippen LogP contribution >= 0.6 is 0 Å². The smallest absolute Gasteiger partial charge is 0.328 e. The average Bonchev–Trinajstić information content (AvgIpc) is 2.66. The Labute approximate surface area is 103 Å². The normalized spacial score (nSPS) is 22.1.